The van der Waals surface area contributed by atoms with E-state index < -0.39 is 6.61 Å². The molecule has 0 radical (unpaired) electrons. The highest BCUT2D eigenvalue weighted by atomic mass is 19.3. The molecule has 5 nitrogen and oxygen atoms in total. The molecule has 0 fully saturated rings. The quantitative estimate of drug-likeness (QED) is 0.650. The average Bonchev–Trinajstić information content (AvgIpc) is 2.65. The van der Waals surface area contributed by atoms with Crippen molar-refractivity contribution in [3.8, 4) is 23.0 Å². The van der Waals surface area contributed by atoms with E-state index in [1.807, 2.05) is 24.3 Å². The molecule has 142 valence electrons. The van der Waals surface area contributed by atoms with E-state index in [0.717, 1.165) is 24.3 Å². The van der Waals surface area contributed by atoms with Crippen molar-refractivity contribution in [2.45, 2.75) is 19.6 Å². The predicted molar refractivity (Wildman–Crippen MR) is 94.6 cm³/mol. The summed E-state index contributed by atoms with van der Waals surface area (Å²) in [6.07, 6.45) is 0.852. The maximum absolute atomic E-state index is 12.6. The first kappa shape index (κ1) is 19.8. The highest BCUT2D eigenvalue weighted by molar-refractivity contribution is 5.53. The summed E-state index contributed by atoms with van der Waals surface area (Å²) < 4.78 is 45.0. The molecule has 0 unspecified atom stereocenters. The van der Waals surface area contributed by atoms with Gasteiger partial charge in [-0.3, -0.25) is 0 Å². The summed E-state index contributed by atoms with van der Waals surface area (Å²) in [5.41, 5.74) is 2.03. The zero-order valence-electron chi connectivity index (χ0n) is 15.1. The minimum absolute atomic E-state index is 0.105. The number of methoxy groups -OCH3 is 3. The van der Waals surface area contributed by atoms with E-state index in [4.69, 9.17) is 14.2 Å². The molecule has 2 aromatic rings. The van der Waals surface area contributed by atoms with Crippen LogP contribution in [-0.2, 0) is 13.0 Å². The monoisotopic (exact) mass is 367 g/mol. The maximum atomic E-state index is 12.6. The Bertz CT molecular complexity index is 667. The number of alkyl halides is 2. The van der Waals surface area contributed by atoms with Gasteiger partial charge in [-0.1, -0.05) is 12.1 Å². The molecule has 0 atom stereocenters. The Hall–Kier alpha value is -2.54. The van der Waals surface area contributed by atoms with Crippen LogP contribution in [0.2, 0.25) is 0 Å². The van der Waals surface area contributed by atoms with E-state index in [1.165, 1.54) is 19.8 Å². The smallest absolute Gasteiger partial charge is 0.387 e. The van der Waals surface area contributed by atoms with Crippen molar-refractivity contribution in [1.82, 2.24) is 5.32 Å². The summed E-state index contributed by atoms with van der Waals surface area (Å²) in [5, 5.41) is 3.31. The topological polar surface area (TPSA) is 49.0 Å². The molecular formula is C19H23F2NO4. The molecule has 0 bridgehead atoms. The number of benzene rings is 2. The van der Waals surface area contributed by atoms with Gasteiger partial charge in [-0.15, -0.1) is 0 Å². The van der Waals surface area contributed by atoms with E-state index in [1.54, 1.807) is 19.2 Å². The molecule has 0 spiro atoms. The molecule has 0 saturated carbocycles. The summed E-state index contributed by atoms with van der Waals surface area (Å²) in [6.45, 7) is -1.66. The SMILES string of the molecule is COc1ccc(CCNCc2cc(OC)c(OC(F)F)c(OC)c2)cc1. The molecule has 0 amide bonds. The second-order valence-electron chi connectivity index (χ2n) is 5.48. The van der Waals surface area contributed by atoms with E-state index >= 15 is 0 Å². The molecule has 0 heterocycles. The standard InChI is InChI=1S/C19H23F2NO4/c1-23-15-6-4-13(5-7-15)8-9-22-12-14-10-16(24-2)18(26-19(20)21)17(11-14)25-3/h4-7,10-11,19,22H,8-9,12H2,1-3H3. The van der Waals surface area contributed by atoms with Crippen LogP contribution >= 0.6 is 0 Å². The first-order chi connectivity index (χ1) is 12.6. The van der Waals surface area contributed by atoms with Gasteiger partial charge in [0.25, 0.3) is 0 Å². The van der Waals surface area contributed by atoms with Crippen molar-refractivity contribution in [2.75, 3.05) is 27.9 Å². The molecule has 0 aliphatic heterocycles. The van der Waals surface area contributed by atoms with Crippen LogP contribution in [0.3, 0.4) is 0 Å². The van der Waals surface area contributed by atoms with E-state index in [2.05, 4.69) is 10.1 Å². The maximum Gasteiger partial charge on any atom is 0.387 e. The van der Waals surface area contributed by atoms with E-state index in [-0.39, 0.29) is 17.2 Å². The summed E-state index contributed by atoms with van der Waals surface area (Å²) in [5.74, 6) is 1.13. The molecule has 0 aromatic heterocycles. The van der Waals surface area contributed by atoms with Gasteiger partial charge in [0.1, 0.15) is 5.75 Å². The van der Waals surface area contributed by atoms with Crippen LogP contribution in [0, 0.1) is 0 Å². The Balaban J connectivity index is 1.95. The largest absolute Gasteiger partial charge is 0.497 e. The summed E-state index contributed by atoms with van der Waals surface area (Å²) in [7, 11) is 4.43. The highest BCUT2D eigenvalue weighted by Crippen LogP contribution is 2.39. The van der Waals surface area contributed by atoms with Gasteiger partial charge in [-0.2, -0.15) is 8.78 Å². The molecule has 2 rings (SSSR count). The van der Waals surface area contributed by atoms with Crippen molar-refractivity contribution in [3.63, 3.8) is 0 Å². The van der Waals surface area contributed by atoms with Gasteiger partial charge >= 0.3 is 6.61 Å². The van der Waals surface area contributed by atoms with E-state index in [0.29, 0.717) is 6.54 Å². The number of ether oxygens (including phenoxy) is 4. The Morgan fingerprint density at radius 3 is 2.00 bits per heavy atom. The van der Waals surface area contributed by atoms with Crippen LogP contribution in [-0.4, -0.2) is 34.5 Å². The average molecular weight is 367 g/mol. The summed E-state index contributed by atoms with van der Waals surface area (Å²) in [4.78, 5) is 0. The van der Waals surface area contributed by atoms with Crippen LogP contribution < -0.4 is 24.3 Å². The zero-order chi connectivity index (χ0) is 18.9. The number of hydrogen-bond acceptors (Lipinski definition) is 5. The van der Waals surface area contributed by atoms with Crippen molar-refractivity contribution >= 4 is 0 Å². The third-order valence-electron chi connectivity index (χ3n) is 3.81. The fraction of sp³-hybridized carbons (Fsp3) is 0.368. The molecule has 1 N–H and O–H groups in total. The van der Waals surface area contributed by atoms with Crippen LogP contribution in [0.15, 0.2) is 36.4 Å². The van der Waals surface area contributed by atoms with Crippen molar-refractivity contribution in [2.24, 2.45) is 0 Å². The van der Waals surface area contributed by atoms with Crippen molar-refractivity contribution in [1.29, 1.82) is 0 Å². The molecule has 7 heteroatoms. The van der Waals surface area contributed by atoms with Crippen molar-refractivity contribution < 1.29 is 27.7 Å². The van der Waals surface area contributed by atoms with Gasteiger partial charge in [-0.25, -0.2) is 0 Å². The molecule has 0 saturated heterocycles. The summed E-state index contributed by atoms with van der Waals surface area (Å²) in [6, 6.07) is 11.2. The van der Waals surface area contributed by atoms with Gasteiger partial charge < -0.3 is 24.3 Å². The van der Waals surface area contributed by atoms with Gasteiger partial charge in [0, 0.05) is 6.54 Å². The lowest BCUT2D eigenvalue weighted by Gasteiger charge is -2.16. The number of halogens is 2. The molecular weight excluding hydrogens is 344 g/mol. The Kier molecular flexibility index (Phi) is 7.47. The Morgan fingerprint density at radius 2 is 1.50 bits per heavy atom. The van der Waals surface area contributed by atoms with Gasteiger partial charge in [0.15, 0.2) is 11.5 Å². The molecule has 0 aliphatic rings. The fourth-order valence-corrected chi connectivity index (χ4v) is 2.50. The Labute approximate surface area is 151 Å². The highest BCUT2D eigenvalue weighted by Gasteiger charge is 2.17. The fourth-order valence-electron chi connectivity index (χ4n) is 2.50. The first-order valence-corrected chi connectivity index (χ1v) is 8.10. The van der Waals surface area contributed by atoms with Crippen LogP contribution in [0.25, 0.3) is 0 Å². The predicted octanol–water partition coefficient (Wildman–Crippen LogP) is 3.65. The van der Waals surface area contributed by atoms with Gasteiger partial charge in [0.2, 0.25) is 5.75 Å². The molecule has 2 aromatic carbocycles. The normalized spacial score (nSPS) is 10.7. The lowest BCUT2D eigenvalue weighted by Crippen LogP contribution is -2.17. The number of nitrogens with one attached hydrogen (secondary N) is 1. The molecule has 0 aliphatic carbocycles. The second kappa shape index (κ2) is 9.82. The zero-order valence-corrected chi connectivity index (χ0v) is 15.1. The van der Waals surface area contributed by atoms with Gasteiger partial charge in [0.05, 0.1) is 21.3 Å². The Morgan fingerprint density at radius 1 is 0.885 bits per heavy atom. The first-order valence-electron chi connectivity index (χ1n) is 8.10. The lowest BCUT2D eigenvalue weighted by molar-refractivity contribution is -0.0526. The number of hydrogen-bond donors (Lipinski definition) is 1. The van der Waals surface area contributed by atoms with Crippen LogP contribution in [0.4, 0.5) is 8.78 Å². The minimum atomic E-state index is -2.95. The number of rotatable bonds is 10. The van der Waals surface area contributed by atoms with Crippen LogP contribution in [0.1, 0.15) is 11.1 Å². The summed E-state index contributed by atoms with van der Waals surface area (Å²) >= 11 is 0. The van der Waals surface area contributed by atoms with Crippen molar-refractivity contribution in [3.05, 3.63) is 47.5 Å². The third-order valence-corrected chi connectivity index (χ3v) is 3.81. The second-order valence-corrected chi connectivity index (χ2v) is 5.48. The minimum Gasteiger partial charge on any atom is -0.497 e. The third kappa shape index (κ3) is 5.49. The van der Waals surface area contributed by atoms with E-state index in [9.17, 15) is 8.78 Å². The lowest BCUT2D eigenvalue weighted by atomic mass is 10.1. The van der Waals surface area contributed by atoms with Crippen LogP contribution in [0.5, 0.6) is 23.0 Å². The molecule has 26 heavy (non-hydrogen) atoms. The van der Waals surface area contributed by atoms with Gasteiger partial charge in [-0.05, 0) is 48.4 Å².